The van der Waals surface area contributed by atoms with Crippen LogP contribution in [0.15, 0.2) is 18.5 Å². The predicted molar refractivity (Wildman–Crippen MR) is 49.1 cm³/mol. The summed E-state index contributed by atoms with van der Waals surface area (Å²) in [4.78, 5) is 0. The van der Waals surface area contributed by atoms with Gasteiger partial charge in [-0.2, -0.15) is 10.4 Å². The van der Waals surface area contributed by atoms with Gasteiger partial charge in [-0.25, -0.2) is 4.52 Å². The van der Waals surface area contributed by atoms with Crippen molar-refractivity contribution in [1.29, 1.82) is 5.26 Å². The standard InChI is InChI=1S/C9H8N4/c1-6-7(3-10)4-12-13-5-8(11)2-9(6)13/h2,4-5H,11H2,1H3. The van der Waals surface area contributed by atoms with Gasteiger partial charge in [-0.1, -0.05) is 0 Å². The molecule has 64 valence electrons. The number of rotatable bonds is 0. The number of anilines is 1. The number of nitrogens with two attached hydrogens (primary N) is 1. The SMILES string of the molecule is Cc1c(C#N)cnn2cc(N)cc12. The highest BCUT2D eigenvalue weighted by Gasteiger charge is 2.04. The third-order valence-corrected chi connectivity index (χ3v) is 2.04. The summed E-state index contributed by atoms with van der Waals surface area (Å²) in [5.74, 6) is 0. The van der Waals surface area contributed by atoms with E-state index in [1.165, 1.54) is 0 Å². The smallest absolute Gasteiger partial charge is 0.101 e. The summed E-state index contributed by atoms with van der Waals surface area (Å²) < 4.78 is 1.67. The molecule has 4 nitrogen and oxygen atoms in total. The first-order valence-electron chi connectivity index (χ1n) is 3.86. The van der Waals surface area contributed by atoms with Gasteiger partial charge in [-0.3, -0.25) is 0 Å². The van der Waals surface area contributed by atoms with E-state index in [-0.39, 0.29) is 0 Å². The minimum absolute atomic E-state index is 0.589. The quantitative estimate of drug-likeness (QED) is 0.647. The van der Waals surface area contributed by atoms with Crippen LogP contribution in [0.5, 0.6) is 0 Å². The Kier molecular flexibility index (Phi) is 1.46. The molecule has 0 aromatic carbocycles. The maximum atomic E-state index is 8.75. The Labute approximate surface area is 75.2 Å². The fraction of sp³-hybridized carbons (Fsp3) is 0.111. The van der Waals surface area contributed by atoms with Crippen molar-refractivity contribution < 1.29 is 0 Å². The van der Waals surface area contributed by atoms with Crippen LogP contribution >= 0.6 is 0 Å². The minimum Gasteiger partial charge on any atom is -0.397 e. The first-order chi connectivity index (χ1) is 6.22. The van der Waals surface area contributed by atoms with Gasteiger partial charge in [0.2, 0.25) is 0 Å². The van der Waals surface area contributed by atoms with Crippen LogP contribution in [0, 0.1) is 18.3 Å². The van der Waals surface area contributed by atoms with Crippen LogP contribution in [-0.2, 0) is 0 Å². The van der Waals surface area contributed by atoms with E-state index in [2.05, 4.69) is 11.2 Å². The molecular weight excluding hydrogens is 164 g/mol. The van der Waals surface area contributed by atoms with E-state index in [4.69, 9.17) is 11.0 Å². The van der Waals surface area contributed by atoms with Gasteiger partial charge in [0.25, 0.3) is 0 Å². The summed E-state index contributed by atoms with van der Waals surface area (Å²) in [6, 6.07) is 3.89. The molecule has 0 fully saturated rings. The van der Waals surface area contributed by atoms with Gasteiger partial charge >= 0.3 is 0 Å². The maximum Gasteiger partial charge on any atom is 0.101 e. The van der Waals surface area contributed by atoms with Crippen LogP contribution in [0.4, 0.5) is 5.69 Å². The van der Waals surface area contributed by atoms with Crippen molar-refractivity contribution in [3.63, 3.8) is 0 Å². The van der Waals surface area contributed by atoms with Crippen molar-refractivity contribution in [2.75, 3.05) is 5.73 Å². The van der Waals surface area contributed by atoms with Crippen molar-refractivity contribution in [3.05, 3.63) is 29.6 Å². The molecule has 0 aliphatic rings. The lowest BCUT2D eigenvalue weighted by Crippen LogP contribution is -1.94. The molecule has 0 unspecified atom stereocenters. The number of hydrogen-bond donors (Lipinski definition) is 1. The molecule has 0 spiro atoms. The molecule has 4 heteroatoms. The Morgan fingerprint density at radius 3 is 3.08 bits per heavy atom. The number of nitrogen functional groups attached to an aromatic ring is 1. The molecule has 2 rings (SSSR count). The lowest BCUT2D eigenvalue weighted by Gasteiger charge is -1.98. The molecule has 0 saturated heterocycles. The van der Waals surface area contributed by atoms with E-state index in [1.807, 2.05) is 13.0 Å². The van der Waals surface area contributed by atoms with Gasteiger partial charge in [0.05, 0.1) is 29.2 Å². The summed E-state index contributed by atoms with van der Waals surface area (Å²) in [6.45, 7) is 1.88. The zero-order valence-electron chi connectivity index (χ0n) is 7.15. The van der Waals surface area contributed by atoms with Crippen LogP contribution in [0.1, 0.15) is 11.1 Å². The Bertz CT molecular complexity index is 504. The number of aromatic nitrogens is 2. The lowest BCUT2D eigenvalue weighted by molar-refractivity contribution is 0.930. The molecule has 0 radical (unpaired) electrons. The molecule has 13 heavy (non-hydrogen) atoms. The molecule has 0 aliphatic carbocycles. The minimum atomic E-state index is 0.589. The fourth-order valence-corrected chi connectivity index (χ4v) is 1.32. The van der Waals surface area contributed by atoms with E-state index in [0.717, 1.165) is 11.1 Å². The zero-order valence-corrected chi connectivity index (χ0v) is 7.15. The fourth-order valence-electron chi connectivity index (χ4n) is 1.32. The van der Waals surface area contributed by atoms with Crippen molar-refractivity contribution in [2.45, 2.75) is 6.92 Å². The Morgan fingerprint density at radius 1 is 1.62 bits per heavy atom. The largest absolute Gasteiger partial charge is 0.397 e. The summed E-state index contributed by atoms with van der Waals surface area (Å²) in [5, 5.41) is 12.8. The summed E-state index contributed by atoms with van der Waals surface area (Å²) in [6.07, 6.45) is 3.27. The van der Waals surface area contributed by atoms with E-state index in [0.29, 0.717) is 11.3 Å². The van der Waals surface area contributed by atoms with Crippen molar-refractivity contribution >= 4 is 11.2 Å². The topological polar surface area (TPSA) is 67.1 Å². The van der Waals surface area contributed by atoms with Crippen LogP contribution in [0.3, 0.4) is 0 Å². The predicted octanol–water partition coefficient (Wildman–Crippen LogP) is 1.10. The van der Waals surface area contributed by atoms with E-state index in [9.17, 15) is 0 Å². The number of nitriles is 1. The van der Waals surface area contributed by atoms with Crippen molar-refractivity contribution in [1.82, 2.24) is 9.61 Å². The molecule has 0 saturated carbocycles. The maximum absolute atomic E-state index is 8.75. The van der Waals surface area contributed by atoms with Gasteiger partial charge in [0, 0.05) is 0 Å². The van der Waals surface area contributed by atoms with Gasteiger partial charge < -0.3 is 5.73 Å². The number of aryl methyl sites for hydroxylation is 1. The Hall–Kier alpha value is -2.02. The van der Waals surface area contributed by atoms with E-state index >= 15 is 0 Å². The molecule has 0 amide bonds. The molecule has 2 aromatic heterocycles. The lowest BCUT2D eigenvalue weighted by atomic mass is 10.2. The number of nitrogens with zero attached hydrogens (tertiary/aromatic N) is 3. The Morgan fingerprint density at radius 2 is 2.38 bits per heavy atom. The number of hydrogen-bond acceptors (Lipinski definition) is 3. The van der Waals surface area contributed by atoms with Crippen LogP contribution in [0.25, 0.3) is 5.52 Å². The monoisotopic (exact) mass is 172 g/mol. The third-order valence-electron chi connectivity index (χ3n) is 2.04. The first-order valence-corrected chi connectivity index (χ1v) is 3.86. The summed E-state index contributed by atoms with van der Waals surface area (Å²) in [7, 11) is 0. The molecule has 0 atom stereocenters. The van der Waals surface area contributed by atoms with Crippen molar-refractivity contribution in [2.24, 2.45) is 0 Å². The van der Waals surface area contributed by atoms with Crippen LogP contribution < -0.4 is 5.73 Å². The zero-order chi connectivity index (χ0) is 9.42. The summed E-state index contributed by atoms with van der Waals surface area (Å²) in [5.41, 5.74) is 8.65. The number of fused-ring (bicyclic) bond motifs is 1. The molecule has 0 aliphatic heterocycles. The second kappa shape index (κ2) is 2.49. The normalized spacial score (nSPS) is 10.2. The van der Waals surface area contributed by atoms with Crippen LogP contribution in [0.2, 0.25) is 0 Å². The first kappa shape index (κ1) is 7.62. The van der Waals surface area contributed by atoms with E-state index < -0.39 is 0 Å². The molecular formula is C9H8N4. The molecule has 0 bridgehead atoms. The highest BCUT2D eigenvalue weighted by molar-refractivity contribution is 5.65. The highest BCUT2D eigenvalue weighted by atomic mass is 15.2. The van der Waals surface area contributed by atoms with Crippen molar-refractivity contribution in [3.8, 4) is 6.07 Å². The third kappa shape index (κ3) is 1.02. The van der Waals surface area contributed by atoms with E-state index in [1.54, 1.807) is 16.9 Å². The second-order valence-corrected chi connectivity index (χ2v) is 2.90. The van der Waals surface area contributed by atoms with Gasteiger partial charge in [0.1, 0.15) is 6.07 Å². The van der Waals surface area contributed by atoms with Gasteiger partial charge in [0.15, 0.2) is 0 Å². The molecule has 2 aromatic rings. The molecule has 2 N–H and O–H groups in total. The average molecular weight is 172 g/mol. The van der Waals surface area contributed by atoms with Gasteiger partial charge in [-0.05, 0) is 18.6 Å². The Balaban J connectivity index is 2.87. The highest BCUT2D eigenvalue weighted by Crippen LogP contribution is 2.16. The second-order valence-electron chi connectivity index (χ2n) is 2.90. The molecule has 2 heterocycles. The average Bonchev–Trinajstić information content (AvgIpc) is 2.47. The van der Waals surface area contributed by atoms with Gasteiger partial charge in [-0.15, -0.1) is 0 Å². The van der Waals surface area contributed by atoms with Crippen LogP contribution in [-0.4, -0.2) is 9.61 Å². The summed E-state index contributed by atoms with van der Waals surface area (Å²) >= 11 is 0.